The van der Waals surface area contributed by atoms with Crippen LogP contribution in [-0.4, -0.2) is 15.0 Å². The van der Waals surface area contributed by atoms with Crippen molar-refractivity contribution in [2.45, 2.75) is 0 Å². The fourth-order valence-corrected chi connectivity index (χ4v) is 1.89. The Kier molecular flexibility index (Phi) is 8.79. The first kappa shape index (κ1) is 19.5. The molecule has 0 aliphatic heterocycles. The van der Waals surface area contributed by atoms with Gasteiger partial charge in [0.2, 0.25) is 0 Å². The molecule has 0 spiro atoms. The van der Waals surface area contributed by atoms with Crippen molar-refractivity contribution < 1.29 is 41.3 Å². The van der Waals surface area contributed by atoms with E-state index >= 15 is 0 Å². The number of pyridine rings is 3. The smallest absolute Gasteiger partial charge is 1.00 e. The molecule has 0 aromatic carbocycles. The SMILES string of the molecule is [Cl-].[Cl-].[Ni+2].c1cncc(-c2cccnc2-c2cccnc2)c1. The van der Waals surface area contributed by atoms with E-state index in [-0.39, 0.29) is 41.3 Å². The molecule has 6 heteroatoms. The Morgan fingerprint density at radius 1 is 0.667 bits per heavy atom. The largest absolute Gasteiger partial charge is 2.00 e. The molecule has 0 unspecified atom stereocenters. The van der Waals surface area contributed by atoms with Gasteiger partial charge >= 0.3 is 16.5 Å². The molecule has 3 aromatic rings. The third-order valence-corrected chi connectivity index (χ3v) is 2.72. The number of halogens is 2. The molecular formula is C15H11Cl2N3Ni. The minimum Gasteiger partial charge on any atom is -1.00 e. The molecule has 0 bridgehead atoms. The zero-order chi connectivity index (χ0) is 12.2. The van der Waals surface area contributed by atoms with Crippen molar-refractivity contribution in [1.82, 2.24) is 15.0 Å². The zero-order valence-electron chi connectivity index (χ0n) is 10.8. The topological polar surface area (TPSA) is 38.7 Å². The number of hydrogen-bond donors (Lipinski definition) is 0. The number of nitrogens with zero attached hydrogens (tertiary/aromatic N) is 3. The van der Waals surface area contributed by atoms with Crippen molar-refractivity contribution in [3.63, 3.8) is 0 Å². The molecule has 0 amide bonds. The molecule has 0 atom stereocenters. The predicted octanol–water partition coefficient (Wildman–Crippen LogP) is -2.79. The molecule has 21 heavy (non-hydrogen) atoms. The fourth-order valence-electron chi connectivity index (χ4n) is 1.89. The maximum atomic E-state index is 4.46. The van der Waals surface area contributed by atoms with Gasteiger partial charge in [-0.3, -0.25) is 15.0 Å². The fraction of sp³-hybridized carbons (Fsp3) is 0. The van der Waals surface area contributed by atoms with Crippen LogP contribution in [0.1, 0.15) is 0 Å². The van der Waals surface area contributed by atoms with Gasteiger partial charge in [-0.1, -0.05) is 12.1 Å². The summed E-state index contributed by atoms with van der Waals surface area (Å²) in [4.78, 5) is 12.8. The molecule has 0 aliphatic rings. The minimum atomic E-state index is 0. The first-order valence-corrected chi connectivity index (χ1v) is 5.71. The summed E-state index contributed by atoms with van der Waals surface area (Å²) in [6.07, 6.45) is 8.99. The summed E-state index contributed by atoms with van der Waals surface area (Å²) >= 11 is 0. The normalized spacial score (nSPS) is 8.76. The summed E-state index contributed by atoms with van der Waals surface area (Å²) in [5.41, 5.74) is 4.07. The zero-order valence-corrected chi connectivity index (χ0v) is 13.3. The standard InChI is InChI=1S/C15H11N3.2ClH.Ni/c1-4-12(10-16-7-1)14-6-3-9-18-15(14)13-5-2-8-17-11-13;;;/h1-11H;2*1H;/q;;;+2/p-2. The van der Waals surface area contributed by atoms with Gasteiger partial charge in [-0.05, 0) is 24.3 Å². The predicted molar refractivity (Wildman–Crippen MR) is 70.7 cm³/mol. The average Bonchev–Trinajstić information content (AvgIpc) is 2.49. The average molecular weight is 363 g/mol. The Morgan fingerprint density at radius 3 is 1.81 bits per heavy atom. The monoisotopic (exact) mass is 361 g/mol. The van der Waals surface area contributed by atoms with E-state index in [4.69, 9.17) is 0 Å². The van der Waals surface area contributed by atoms with Crippen LogP contribution in [0.5, 0.6) is 0 Å². The van der Waals surface area contributed by atoms with E-state index in [1.807, 2.05) is 48.8 Å². The van der Waals surface area contributed by atoms with E-state index in [0.717, 1.165) is 22.4 Å². The molecule has 0 aliphatic carbocycles. The molecule has 0 saturated heterocycles. The van der Waals surface area contributed by atoms with Crippen molar-refractivity contribution in [3.8, 4) is 22.4 Å². The van der Waals surface area contributed by atoms with E-state index in [2.05, 4.69) is 15.0 Å². The summed E-state index contributed by atoms with van der Waals surface area (Å²) < 4.78 is 0. The third-order valence-electron chi connectivity index (χ3n) is 2.72. The quantitative estimate of drug-likeness (QED) is 0.463. The van der Waals surface area contributed by atoms with Gasteiger partial charge < -0.3 is 24.8 Å². The first-order valence-electron chi connectivity index (χ1n) is 5.71. The van der Waals surface area contributed by atoms with E-state index in [1.54, 1.807) is 18.6 Å². The van der Waals surface area contributed by atoms with Gasteiger partial charge in [0.05, 0.1) is 5.69 Å². The summed E-state index contributed by atoms with van der Waals surface area (Å²) in [5.74, 6) is 0. The summed E-state index contributed by atoms with van der Waals surface area (Å²) in [6, 6.07) is 11.9. The van der Waals surface area contributed by atoms with Crippen LogP contribution in [0, 0.1) is 0 Å². The summed E-state index contributed by atoms with van der Waals surface area (Å²) in [7, 11) is 0. The molecule has 3 nitrogen and oxygen atoms in total. The molecule has 0 saturated carbocycles. The molecular weight excluding hydrogens is 352 g/mol. The Balaban J connectivity index is 0.00000133. The van der Waals surface area contributed by atoms with Gasteiger partial charge in [0.15, 0.2) is 0 Å². The maximum absolute atomic E-state index is 4.46. The van der Waals surface area contributed by atoms with Crippen LogP contribution in [0.15, 0.2) is 67.4 Å². The van der Waals surface area contributed by atoms with Gasteiger partial charge in [-0.2, -0.15) is 0 Å². The van der Waals surface area contributed by atoms with Crippen LogP contribution in [0.25, 0.3) is 22.4 Å². The Morgan fingerprint density at radius 2 is 1.24 bits per heavy atom. The second kappa shape index (κ2) is 9.46. The van der Waals surface area contributed by atoms with Crippen LogP contribution in [-0.2, 0) is 16.5 Å². The second-order valence-electron chi connectivity index (χ2n) is 3.88. The summed E-state index contributed by atoms with van der Waals surface area (Å²) in [5, 5.41) is 0. The van der Waals surface area contributed by atoms with Gasteiger partial charge in [-0.15, -0.1) is 0 Å². The van der Waals surface area contributed by atoms with Crippen LogP contribution >= 0.6 is 0 Å². The molecule has 3 heterocycles. The molecule has 0 fully saturated rings. The molecule has 3 aromatic heterocycles. The maximum Gasteiger partial charge on any atom is 2.00 e. The molecule has 110 valence electrons. The Hall–Kier alpha value is -1.48. The van der Waals surface area contributed by atoms with Crippen LogP contribution < -0.4 is 24.8 Å². The van der Waals surface area contributed by atoms with Crippen molar-refractivity contribution in [3.05, 3.63) is 67.4 Å². The van der Waals surface area contributed by atoms with Crippen LogP contribution in [0.2, 0.25) is 0 Å². The third kappa shape index (κ3) is 4.50. The van der Waals surface area contributed by atoms with Gasteiger partial charge in [-0.25, -0.2) is 0 Å². The number of aromatic nitrogens is 3. The Labute approximate surface area is 146 Å². The van der Waals surface area contributed by atoms with Crippen LogP contribution in [0.4, 0.5) is 0 Å². The van der Waals surface area contributed by atoms with E-state index < -0.39 is 0 Å². The van der Waals surface area contributed by atoms with Crippen molar-refractivity contribution in [2.24, 2.45) is 0 Å². The number of hydrogen-bond acceptors (Lipinski definition) is 3. The van der Waals surface area contributed by atoms with E-state index in [0.29, 0.717) is 0 Å². The number of rotatable bonds is 2. The first-order chi connectivity index (χ1) is 8.95. The van der Waals surface area contributed by atoms with Crippen molar-refractivity contribution >= 4 is 0 Å². The second-order valence-corrected chi connectivity index (χ2v) is 3.88. The van der Waals surface area contributed by atoms with E-state index in [1.165, 1.54) is 0 Å². The van der Waals surface area contributed by atoms with E-state index in [9.17, 15) is 0 Å². The summed E-state index contributed by atoms with van der Waals surface area (Å²) in [6.45, 7) is 0. The van der Waals surface area contributed by atoms with Crippen molar-refractivity contribution in [1.29, 1.82) is 0 Å². The minimum absolute atomic E-state index is 0. The Bertz CT molecular complexity index is 593. The molecule has 0 N–H and O–H groups in total. The van der Waals surface area contributed by atoms with Gasteiger partial charge in [0, 0.05) is 47.7 Å². The van der Waals surface area contributed by atoms with Crippen molar-refractivity contribution in [2.75, 3.05) is 0 Å². The molecule has 0 radical (unpaired) electrons. The van der Waals surface area contributed by atoms with Gasteiger partial charge in [0.1, 0.15) is 0 Å². The molecule has 3 rings (SSSR count). The van der Waals surface area contributed by atoms with Crippen LogP contribution in [0.3, 0.4) is 0 Å². The van der Waals surface area contributed by atoms with Gasteiger partial charge in [0.25, 0.3) is 0 Å².